The Bertz CT molecular complexity index is 509. The lowest BCUT2D eigenvalue weighted by Crippen LogP contribution is -1.84. The summed E-state index contributed by atoms with van der Waals surface area (Å²) in [6, 6.07) is 13.2. The molecule has 0 N–H and O–H groups in total. The highest BCUT2D eigenvalue weighted by molar-refractivity contribution is 6.36. The van der Waals surface area contributed by atoms with Gasteiger partial charge < -0.3 is 4.74 Å². The van der Waals surface area contributed by atoms with E-state index in [9.17, 15) is 0 Å². The smallest absolute Gasteiger partial charge is 0.119 e. The average molecular weight is 253 g/mol. The molecule has 2 aromatic carbocycles. The molecule has 0 aliphatic rings. The molecule has 0 atom stereocenters. The molecule has 0 radical (unpaired) electrons. The summed E-state index contributed by atoms with van der Waals surface area (Å²) in [6.45, 7) is 0. The molecule has 1 nitrogen and oxygen atoms in total. The number of hydrogen-bond acceptors (Lipinski definition) is 1. The highest BCUT2D eigenvalue weighted by atomic mass is 35.5. The van der Waals surface area contributed by atoms with E-state index in [-0.39, 0.29) is 0 Å². The van der Waals surface area contributed by atoms with Crippen molar-refractivity contribution in [3.63, 3.8) is 0 Å². The van der Waals surface area contributed by atoms with E-state index in [2.05, 4.69) is 0 Å². The van der Waals surface area contributed by atoms with Gasteiger partial charge in [0, 0.05) is 15.6 Å². The number of halogens is 2. The van der Waals surface area contributed by atoms with Gasteiger partial charge in [-0.25, -0.2) is 0 Å². The van der Waals surface area contributed by atoms with Crippen LogP contribution in [0.5, 0.6) is 5.75 Å². The first-order valence-corrected chi connectivity index (χ1v) is 5.56. The van der Waals surface area contributed by atoms with E-state index in [0.717, 1.165) is 16.9 Å². The molecule has 0 heterocycles. The summed E-state index contributed by atoms with van der Waals surface area (Å²) in [5.74, 6) is 0.809. The predicted molar refractivity (Wildman–Crippen MR) is 68.5 cm³/mol. The van der Waals surface area contributed by atoms with Gasteiger partial charge >= 0.3 is 0 Å². The van der Waals surface area contributed by atoms with Crippen LogP contribution in [-0.4, -0.2) is 7.11 Å². The summed E-state index contributed by atoms with van der Waals surface area (Å²) >= 11 is 12.0. The van der Waals surface area contributed by atoms with Crippen LogP contribution in [0.15, 0.2) is 42.5 Å². The molecule has 2 rings (SSSR count). The molecule has 0 bridgehead atoms. The van der Waals surface area contributed by atoms with Crippen molar-refractivity contribution >= 4 is 23.2 Å². The first-order valence-electron chi connectivity index (χ1n) is 4.80. The fraction of sp³-hybridized carbons (Fsp3) is 0.0769. The summed E-state index contributed by atoms with van der Waals surface area (Å²) in [7, 11) is 1.64. The Labute approximate surface area is 105 Å². The Morgan fingerprint density at radius 3 is 2.50 bits per heavy atom. The van der Waals surface area contributed by atoms with Crippen molar-refractivity contribution in [3.05, 3.63) is 52.5 Å². The van der Waals surface area contributed by atoms with E-state index in [4.69, 9.17) is 27.9 Å². The van der Waals surface area contributed by atoms with Crippen LogP contribution < -0.4 is 4.74 Å². The third kappa shape index (κ3) is 2.31. The lowest BCUT2D eigenvalue weighted by atomic mass is 10.1. The van der Waals surface area contributed by atoms with Crippen LogP contribution in [0.3, 0.4) is 0 Å². The van der Waals surface area contributed by atoms with Gasteiger partial charge in [0.1, 0.15) is 5.75 Å². The van der Waals surface area contributed by atoms with Gasteiger partial charge in [-0.15, -0.1) is 0 Å². The number of rotatable bonds is 2. The standard InChI is InChI=1S/C13H10Cl2O/c1-16-11-4-2-3-9(7-11)12-6-5-10(14)8-13(12)15/h2-8H,1H3. The molecule has 2 aromatic rings. The molecule has 0 spiro atoms. The van der Waals surface area contributed by atoms with Gasteiger partial charge in [-0.05, 0) is 29.8 Å². The van der Waals surface area contributed by atoms with Crippen LogP contribution in [0.1, 0.15) is 0 Å². The summed E-state index contributed by atoms with van der Waals surface area (Å²) in [5, 5.41) is 1.28. The van der Waals surface area contributed by atoms with Gasteiger partial charge in [0.25, 0.3) is 0 Å². The first kappa shape index (κ1) is 11.3. The molecule has 16 heavy (non-hydrogen) atoms. The van der Waals surface area contributed by atoms with E-state index < -0.39 is 0 Å². The van der Waals surface area contributed by atoms with Gasteiger partial charge in [-0.3, -0.25) is 0 Å². The Morgan fingerprint density at radius 2 is 1.81 bits per heavy atom. The molecule has 0 aliphatic heterocycles. The number of ether oxygens (including phenoxy) is 1. The lowest BCUT2D eigenvalue weighted by Gasteiger charge is -2.06. The van der Waals surface area contributed by atoms with Crippen LogP contribution in [0.4, 0.5) is 0 Å². The summed E-state index contributed by atoms with van der Waals surface area (Å²) in [6.07, 6.45) is 0. The fourth-order valence-electron chi connectivity index (χ4n) is 1.51. The van der Waals surface area contributed by atoms with Crippen LogP contribution in [0.25, 0.3) is 11.1 Å². The molecular weight excluding hydrogens is 243 g/mol. The molecule has 3 heteroatoms. The number of methoxy groups -OCH3 is 1. The molecule has 0 aromatic heterocycles. The van der Waals surface area contributed by atoms with Crippen molar-refractivity contribution < 1.29 is 4.74 Å². The van der Waals surface area contributed by atoms with E-state index in [1.54, 1.807) is 13.2 Å². The topological polar surface area (TPSA) is 9.23 Å². The van der Waals surface area contributed by atoms with Crippen molar-refractivity contribution in [2.24, 2.45) is 0 Å². The molecule has 0 saturated carbocycles. The highest BCUT2D eigenvalue weighted by Crippen LogP contribution is 2.31. The molecular formula is C13H10Cl2O. The third-order valence-corrected chi connectivity index (χ3v) is 2.86. The van der Waals surface area contributed by atoms with Gasteiger partial charge in [-0.1, -0.05) is 41.4 Å². The molecule has 0 amide bonds. The number of benzene rings is 2. The zero-order valence-corrected chi connectivity index (χ0v) is 10.2. The normalized spacial score (nSPS) is 10.2. The van der Waals surface area contributed by atoms with Crippen molar-refractivity contribution in [2.75, 3.05) is 7.11 Å². The van der Waals surface area contributed by atoms with E-state index in [0.29, 0.717) is 10.0 Å². The van der Waals surface area contributed by atoms with Crippen molar-refractivity contribution in [1.29, 1.82) is 0 Å². The number of hydrogen-bond donors (Lipinski definition) is 0. The Balaban J connectivity index is 2.49. The van der Waals surface area contributed by atoms with Crippen LogP contribution in [0, 0.1) is 0 Å². The third-order valence-electron chi connectivity index (χ3n) is 2.31. The molecule has 82 valence electrons. The second kappa shape index (κ2) is 4.77. The lowest BCUT2D eigenvalue weighted by molar-refractivity contribution is 0.415. The predicted octanol–water partition coefficient (Wildman–Crippen LogP) is 4.67. The van der Waals surface area contributed by atoms with E-state index in [1.807, 2.05) is 36.4 Å². The highest BCUT2D eigenvalue weighted by Gasteiger charge is 2.04. The van der Waals surface area contributed by atoms with Crippen LogP contribution in [-0.2, 0) is 0 Å². The van der Waals surface area contributed by atoms with E-state index >= 15 is 0 Å². The maximum atomic E-state index is 6.13. The molecule has 0 fully saturated rings. The van der Waals surface area contributed by atoms with Gasteiger partial charge in [0.05, 0.1) is 7.11 Å². The minimum Gasteiger partial charge on any atom is -0.497 e. The van der Waals surface area contributed by atoms with Gasteiger partial charge in [0.2, 0.25) is 0 Å². The van der Waals surface area contributed by atoms with Crippen molar-refractivity contribution in [1.82, 2.24) is 0 Å². The maximum absolute atomic E-state index is 6.13. The Kier molecular flexibility index (Phi) is 3.37. The quantitative estimate of drug-likeness (QED) is 0.755. The minimum absolute atomic E-state index is 0.636. The monoisotopic (exact) mass is 252 g/mol. The average Bonchev–Trinajstić information content (AvgIpc) is 2.29. The second-order valence-electron chi connectivity index (χ2n) is 3.36. The van der Waals surface area contributed by atoms with Gasteiger partial charge in [0.15, 0.2) is 0 Å². The minimum atomic E-state index is 0.636. The summed E-state index contributed by atoms with van der Waals surface area (Å²) in [5.41, 5.74) is 1.96. The van der Waals surface area contributed by atoms with Crippen LogP contribution in [0.2, 0.25) is 10.0 Å². The molecule has 0 aliphatic carbocycles. The second-order valence-corrected chi connectivity index (χ2v) is 4.20. The zero-order valence-electron chi connectivity index (χ0n) is 8.71. The summed E-state index contributed by atoms with van der Waals surface area (Å²) in [4.78, 5) is 0. The molecule has 0 unspecified atom stereocenters. The Hall–Kier alpha value is -1.18. The fourth-order valence-corrected chi connectivity index (χ4v) is 2.03. The largest absolute Gasteiger partial charge is 0.497 e. The van der Waals surface area contributed by atoms with Crippen LogP contribution >= 0.6 is 23.2 Å². The van der Waals surface area contributed by atoms with Crippen molar-refractivity contribution in [2.45, 2.75) is 0 Å². The van der Waals surface area contributed by atoms with Crippen molar-refractivity contribution in [3.8, 4) is 16.9 Å². The summed E-state index contributed by atoms with van der Waals surface area (Å²) < 4.78 is 5.17. The SMILES string of the molecule is COc1cccc(-c2ccc(Cl)cc2Cl)c1. The maximum Gasteiger partial charge on any atom is 0.119 e. The molecule has 0 saturated heterocycles. The first-order chi connectivity index (χ1) is 7.70. The van der Waals surface area contributed by atoms with Gasteiger partial charge in [-0.2, -0.15) is 0 Å². The van der Waals surface area contributed by atoms with E-state index in [1.165, 1.54) is 0 Å². The zero-order chi connectivity index (χ0) is 11.5. The Morgan fingerprint density at radius 1 is 1.00 bits per heavy atom.